The molecule has 3 fully saturated rings. The quantitative estimate of drug-likeness (QED) is 0.148. The summed E-state index contributed by atoms with van der Waals surface area (Å²) in [6, 6.07) is 38.7. The van der Waals surface area contributed by atoms with Crippen LogP contribution in [0.25, 0.3) is 55.0 Å². The molecule has 0 saturated carbocycles. The van der Waals surface area contributed by atoms with Crippen molar-refractivity contribution in [3.05, 3.63) is 137 Å². The number of nitrogens with zero attached hydrogens (tertiary/aromatic N) is 2. The fourth-order valence-electron chi connectivity index (χ4n) is 11.4. The van der Waals surface area contributed by atoms with Crippen LogP contribution < -0.4 is 14.9 Å². The molecule has 418 valence electrons. The van der Waals surface area contributed by atoms with Crippen molar-refractivity contribution in [1.29, 1.82) is 0 Å². The Bertz CT molecular complexity index is 3400. The molecule has 3 aliphatic heterocycles. The standard InChI is InChI=1S/C38H50BNO4.C32H39NO2/c1-24-20-29(39-43-37(8,9)38(10,11)44-39)34(42-33-14-12-13-19-41-33)32(21-24)40-30-17-15-25(35(2,3)4)22-27(30)28-23-26(36(5,6)7)16-18-31(28)40;1-21-11-16-29(35-30-10-8-9-17-34-30)28(18-21)33-26-14-12-22(31(2,3)4)19-24(26)25-20-23(32(5,6)7)13-15-27(25)33/h15-18,20-23,33H,12-14,19H2,1-11H3;11-16,18-20,30H,8-10,17H2,1-7H3. The number of rotatable bonds is 7. The molecule has 0 bridgehead atoms. The minimum absolute atomic E-state index is 0.0319. The zero-order chi connectivity index (χ0) is 56.8. The van der Waals surface area contributed by atoms with E-state index in [4.69, 9.17) is 28.3 Å². The Hall–Kier alpha value is -5.58. The van der Waals surface area contributed by atoms with Gasteiger partial charge in [0.05, 0.1) is 57.9 Å². The summed E-state index contributed by atoms with van der Waals surface area (Å²) in [6.45, 7) is 41.5. The first-order chi connectivity index (χ1) is 37.0. The Labute approximate surface area is 472 Å². The number of hydrogen-bond donors (Lipinski definition) is 0. The van der Waals surface area contributed by atoms with Crippen molar-refractivity contribution < 1.29 is 28.3 Å². The fourth-order valence-corrected chi connectivity index (χ4v) is 11.4. The van der Waals surface area contributed by atoms with Gasteiger partial charge in [0.2, 0.25) is 0 Å². The number of aromatic nitrogens is 2. The van der Waals surface area contributed by atoms with Crippen molar-refractivity contribution in [1.82, 2.24) is 9.13 Å². The van der Waals surface area contributed by atoms with Gasteiger partial charge in [-0.15, -0.1) is 0 Å². The summed E-state index contributed by atoms with van der Waals surface area (Å²) in [5.74, 6) is 1.64. The van der Waals surface area contributed by atoms with Gasteiger partial charge in [-0.25, -0.2) is 0 Å². The van der Waals surface area contributed by atoms with Crippen LogP contribution in [-0.2, 0) is 40.4 Å². The largest absolute Gasteiger partial charge is 0.498 e. The maximum absolute atomic E-state index is 6.90. The molecule has 0 spiro atoms. The Morgan fingerprint density at radius 1 is 0.443 bits per heavy atom. The highest BCUT2D eigenvalue weighted by molar-refractivity contribution is 6.63. The molecule has 8 nitrogen and oxygen atoms in total. The van der Waals surface area contributed by atoms with E-state index in [1.54, 1.807) is 0 Å². The molecule has 8 aromatic rings. The highest BCUT2D eigenvalue weighted by Gasteiger charge is 2.53. The summed E-state index contributed by atoms with van der Waals surface area (Å²) in [6.07, 6.45) is 5.68. The normalized spacial score (nSPS) is 19.1. The zero-order valence-electron chi connectivity index (χ0n) is 51.0. The van der Waals surface area contributed by atoms with Gasteiger partial charge in [0.1, 0.15) is 11.5 Å². The minimum atomic E-state index is -0.565. The summed E-state index contributed by atoms with van der Waals surface area (Å²) in [5, 5.41) is 5.08. The van der Waals surface area contributed by atoms with Crippen LogP contribution in [0, 0.1) is 13.8 Å². The molecule has 2 aromatic heterocycles. The smallest absolute Gasteiger partial charge is 0.463 e. The van der Waals surface area contributed by atoms with Crippen molar-refractivity contribution in [2.24, 2.45) is 0 Å². The fraction of sp³-hybridized carbons (Fsp3) is 0.486. The van der Waals surface area contributed by atoms with Gasteiger partial charge < -0.3 is 37.4 Å². The van der Waals surface area contributed by atoms with Crippen molar-refractivity contribution in [2.75, 3.05) is 13.2 Å². The lowest BCUT2D eigenvalue weighted by molar-refractivity contribution is -0.106. The third-order valence-corrected chi connectivity index (χ3v) is 17.1. The van der Waals surface area contributed by atoms with Crippen molar-refractivity contribution in [3.8, 4) is 22.9 Å². The first-order valence-electron chi connectivity index (χ1n) is 29.3. The van der Waals surface area contributed by atoms with E-state index in [0.717, 1.165) is 90.1 Å². The second-order valence-corrected chi connectivity index (χ2v) is 28.2. The van der Waals surface area contributed by atoms with Crippen LogP contribution in [0.4, 0.5) is 0 Å². The van der Waals surface area contributed by atoms with Gasteiger partial charge >= 0.3 is 7.12 Å². The number of aryl methyl sites for hydroxylation is 2. The van der Waals surface area contributed by atoms with E-state index >= 15 is 0 Å². The topological polar surface area (TPSA) is 65.2 Å². The van der Waals surface area contributed by atoms with Crippen LogP contribution in [0.3, 0.4) is 0 Å². The first-order valence-corrected chi connectivity index (χ1v) is 29.3. The number of benzene rings is 6. The molecule has 3 saturated heterocycles. The summed E-state index contributed by atoms with van der Waals surface area (Å²) >= 11 is 0. The molecule has 0 amide bonds. The van der Waals surface area contributed by atoms with Gasteiger partial charge in [-0.05, 0) is 189 Å². The lowest BCUT2D eigenvalue weighted by atomic mass is 9.77. The van der Waals surface area contributed by atoms with E-state index in [0.29, 0.717) is 6.61 Å². The van der Waals surface area contributed by atoms with E-state index in [1.807, 2.05) is 0 Å². The third kappa shape index (κ3) is 11.3. The summed E-state index contributed by atoms with van der Waals surface area (Å²) in [5.41, 5.74) is 14.6. The van der Waals surface area contributed by atoms with Crippen LogP contribution in [0.15, 0.2) is 103 Å². The van der Waals surface area contributed by atoms with Gasteiger partial charge in [-0.1, -0.05) is 119 Å². The Morgan fingerprint density at radius 2 is 0.823 bits per heavy atom. The van der Waals surface area contributed by atoms with Gasteiger partial charge in [0.15, 0.2) is 12.6 Å². The van der Waals surface area contributed by atoms with E-state index in [9.17, 15) is 0 Å². The maximum atomic E-state index is 6.90. The summed E-state index contributed by atoms with van der Waals surface area (Å²) in [7, 11) is -0.565. The van der Waals surface area contributed by atoms with Gasteiger partial charge in [0, 0.05) is 39.8 Å². The van der Waals surface area contributed by atoms with Crippen molar-refractivity contribution in [2.45, 2.75) is 209 Å². The minimum Gasteiger partial charge on any atom is -0.463 e. The van der Waals surface area contributed by atoms with E-state index < -0.39 is 18.3 Å². The van der Waals surface area contributed by atoms with Crippen molar-refractivity contribution >= 4 is 56.2 Å². The highest BCUT2D eigenvalue weighted by Crippen LogP contribution is 2.44. The van der Waals surface area contributed by atoms with Crippen LogP contribution in [0.5, 0.6) is 11.5 Å². The van der Waals surface area contributed by atoms with Crippen LogP contribution in [-0.4, -0.2) is 53.2 Å². The molecule has 9 heteroatoms. The molecule has 3 aliphatic rings. The molecule has 6 aromatic carbocycles. The lowest BCUT2D eigenvalue weighted by Gasteiger charge is -2.32. The second-order valence-electron chi connectivity index (χ2n) is 28.2. The molecule has 5 heterocycles. The maximum Gasteiger partial charge on any atom is 0.498 e. The predicted octanol–water partition coefficient (Wildman–Crippen LogP) is 17.5. The molecule has 79 heavy (non-hydrogen) atoms. The zero-order valence-corrected chi connectivity index (χ0v) is 51.0. The van der Waals surface area contributed by atoms with Crippen LogP contribution >= 0.6 is 0 Å². The first kappa shape index (κ1) is 56.7. The molecular weight excluding hydrogens is 976 g/mol. The molecule has 11 rings (SSSR count). The average molecular weight is 1070 g/mol. The third-order valence-electron chi connectivity index (χ3n) is 17.1. The molecule has 0 radical (unpaired) electrons. The molecule has 2 atom stereocenters. The number of ether oxygens (including phenoxy) is 4. The lowest BCUT2D eigenvalue weighted by Crippen LogP contribution is -2.41. The Morgan fingerprint density at radius 3 is 1.20 bits per heavy atom. The average Bonchev–Trinajstić information content (AvgIpc) is 3.36. The summed E-state index contributed by atoms with van der Waals surface area (Å²) in [4.78, 5) is 0. The predicted molar refractivity (Wildman–Crippen MR) is 330 cm³/mol. The number of hydrogen-bond acceptors (Lipinski definition) is 6. The van der Waals surface area contributed by atoms with Crippen LogP contribution in [0.1, 0.15) is 183 Å². The SMILES string of the molecule is Cc1cc(B2OC(C)(C)C(C)(C)O2)c(OC2CCCCO2)c(-n2c3ccc(C(C)(C)C)cc3c3cc(C(C)(C)C)ccc32)c1.Cc1ccc(OC2CCCCO2)c(-n2c3ccc(C(C)(C)C)cc3c3cc(C(C)(C)C)ccc32)c1. The highest BCUT2D eigenvalue weighted by atomic mass is 16.7. The molecule has 2 unspecified atom stereocenters. The monoisotopic (exact) mass is 1060 g/mol. The van der Waals surface area contributed by atoms with Gasteiger partial charge in [-0.2, -0.15) is 0 Å². The summed E-state index contributed by atoms with van der Waals surface area (Å²) < 4.78 is 43.5. The van der Waals surface area contributed by atoms with Gasteiger partial charge in [-0.3, -0.25) is 0 Å². The number of fused-ring (bicyclic) bond motifs is 6. The van der Waals surface area contributed by atoms with E-state index in [2.05, 4.69) is 237 Å². The molecule has 0 N–H and O–H groups in total. The Kier molecular flexibility index (Phi) is 14.9. The van der Waals surface area contributed by atoms with E-state index in [-0.39, 0.29) is 34.2 Å². The van der Waals surface area contributed by atoms with Crippen LogP contribution in [0.2, 0.25) is 0 Å². The van der Waals surface area contributed by atoms with Gasteiger partial charge in [0.25, 0.3) is 0 Å². The molecular formula is C70H89BN2O6. The second kappa shape index (κ2) is 20.8. The van der Waals surface area contributed by atoms with E-state index in [1.165, 1.54) is 60.4 Å². The Balaban J connectivity index is 0.000000183. The molecule has 0 aliphatic carbocycles. The van der Waals surface area contributed by atoms with Crippen molar-refractivity contribution in [3.63, 3.8) is 0 Å².